The van der Waals surface area contributed by atoms with Crippen LogP contribution in [0.4, 0.5) is 0 Å². The van der Waals surface area contributed by atoms with Crippen LogP contribution in [0.5, 0.6) is 0 Å². The summed E-state index contributed by atoms with van der Waals surface area (Å²) in [6.45, 7) is 5.60. The average Bonchev–Trinajstić information content (AvgIpc) is 2.57. The summed E-state index contributed by atoms with van der Waals surface area (Å²) in [5.74, 6) is 0.312. The van der Waals surface area contributed by atoms with E-state index in [0.29, 0.717) is 12.1 Å². The number of carbonyl (C=O) groups excluding carboxylic acids is 1. The Balaban J connectivity index is 1.84. The third-order valence-corrected chi connectivity index (χ3v) is 3.88. The Hall–Kier alpha value is -2.82. The monoisotopic (exact) mass is 338 g/mol. The highest BCUT2D eigenvalue weighted by Crippen LogP contribution is 2.09. The predicted octanol–water partition coefficient (Wildman–Crippen LogP) is 2.31. The van der Waals surface area contributed by atoms with Gasteiger partial charge >= 0.3 is 0 Å². The number of guanidine groups is 1. The largest absolute Gasteiger partial charge is 0.366 e. The van der Waals surface area contributed by atoms with E-state index in [1.54, 1.807) is 19.2 Å². The summed E-state index contributed by atoms with van der Waals surface area (Å²) < 4.78 is 0. The number of nitrogens with zero attached hydrogens (tertiary/aromatic N) is 1. The van der Waals surface area contributed by atoms with Crippen LogP contribution in [0.1, 0.15) is 32.6 Å². The van der Waals surface area contributed by atoms with Gasteiger partial charge in [0.25, 0.3) is 0 Å². The minimum absolute atomic E-state index is 0.419. The maximum atomic E-state index is 11.2. The first kappa shape index (κ1) is 18.5. The van der Waals surface area contributed by atoms with Crippen LogP contribution in [0.3, 0.4) is 0 Å². The first-order valence-corrected chi connectivity index (χ1v) is 8.38. The van der Waals surface area contributed by atoms with Gasteiger partial charge in [-0.15, -0.1) is 0 Å². The molecule has 25 heavy (non-hydrogen) atoms. The van der Waals surface area contributed by atoms with Gasteiger partial charge in [0, 0.05) is 25.7 Å². The van der Waals surface area contributed by atoms with E-state index in [9.17, 15) is 4.79 Å². The number of rotatable bonds is 6. The minimum Gasteiger partial charge on any atom is -0.366 e. The van der Waals surface area contributed by atoms with Crippen LogP contribution in [0, 0.1) is 13.8 Å². The van der Waals surface area contributed by atoms with E-state index < -0.39 is 5.91 Å². The molecule has 0 aliphatic heterocycles. The summed E-state index contributed by atoms with van der Waals surface area (Å²) in [4.78, 5) is 15.5. The van der Waals surface area contributed by atoms with Crippen molar-refractivity contribution >= 4 is 11.9 Å². The van der Waals surface area contributed by atoms with Gasteiger partial charge in [-0.05, 0) is 43.5 Å². The van der Waals surface area contributed by atoms with Crippen molar-refractivity contribution in [3.05, 3.63) is 70.3 Å². The highest BCUT2D eigenvalue weighted by Gasteiger charge is 2.03. The van der Waals surface area contributed by atoms with Crippen LogP contribution in [0.15, 0.2) is 47.5 Å². The molecule has 0 aromatic heterocycles. The fourth-order valence-electron chi connectivity index (χ4n) is 2.78. The molecule has 1 amide bonds. The molecule has 0 heterocycles. The highest BCUT2D eigenvalue weighted by atomic mass is 16.1. The summed E-state index contributed by atoms with van der Waals surface area (Å²) in [5.41, 5.74) is 10.7. The second-order valence-electron chi connectivity index (χ2n) is 6.16. The number of nitrogens with one attached hydrogen (secondary N) is 2. The van der Waals surface area contributed by atoms with Crippen LogP contribution in [-0.2, 0) is 13.0 Å². The summed E-state index contributed by atoms with van der Waals surface area (Å²) in [6, 6.07) is 13.9. The first-order valence-electron chi connectivity index (χ1n) is 8.38. The zero-order chi connectivity index (χ0) is 18.2. The maximum absolute atomic E-state index is 11.2. The van der Waals surface area contributed by atoms with E-state index in [-0.39, 0.29) is 0 Å². The van der Waals surface area contributed by atoms with Crippen molar-refractivity contribution in [2.45, 2.75) is 26.8 Å². The third-order valence-electron chi connectivity index (χ3n) is 3.88. The smallest absolute Gasteiger partial charge is 0.248 e. The van der Waals surface area contributed by atoms with Crippen molar-refractivity contribution in [2.75, 3.05) is 13.6 Å². The Bertz CT molecular complexity index is 748. The van der Waals surface area contributed by atoms with Crippen molar-refractivity contribution in [3.8, 4) is 0 Å². The number of primary amides is 1. The lowest BCUT2D eigenvalue weighted by Crippen LogP contribution is -2.37. The quantitative estimate of drug-likeness (QED) is 0.558. The molecule has 0 fully saturated rings. The standard InChI is InChI=1S/C20H26N4O/c1-14-9-15(2)11-16(10-14)7-8-23-20(22-3)24-13-17-5-4-6-18(12-17)19(21)25/h4-6,9-12H,7-8,13H2,1-3H3,(H2,21,25)(H2,22,23,24). The number of amides is 1. The van der Waals surface area contributed by atoms with E-state index in [0.717, 1.165) is 24.5 Å². The molecular weight excluding hydrogens is 312 g/mol. The lowest BCUT2D eigenvalue weighted by Gasteiger charge is -2.13. The zero-order valence-corrected chi connectivity index (χ0v) is 15.1. The number of hydrogen-bond acceptors (Lipinski definition) is 2. The molecule has 0 aliphatic carbocycles. The molecule has 0 saturated heterocycles. The lowest BCUT2D eigenvalue weighted by atomic mass is 10.1. The molecule has 4 N–H and O–H groups in total. The number of carbonyl (C=O) groups is 1. The maximum Gasteiger partial charge on any atom is 0.248 e. The van der Waals surface area contributed by atoms with Crippen molar-refractivity contribution in [2.24, 2.45) is 10.7 Å². The van der Waals surface area contributed by atoms with Gasteiger partial charge in [0.1, 0.15) is 0 Å². The van der Waals surface area contributed by atoms with Crippen molar-refractivity contribution in [3.63, 3.8) is 0 Å². The molecule has 5 heteroatoms. The number of nitrogens with two attached hydrogens (primary N) is 1. The normalized spacial score (nSPS) is 11.2. The molecule has 0 saturated carbocycles. The molecule has 132 valence electrons. The van der Waals surface area contributed by atoms with Gasteiger partial charge in [0.15, 0.2) is 5.96 Å². The summed E-state index contributed by atoms with van der Waals surface area (Å²) in [6.07, 6.45) is 0.931. The van der Waals surface area contributed by atoms with Gasteiger partial charge in [-0.3, -0.25) is 9.79 Å². The van der Waals surface area contributed by atoms with Crippen molar-refractivity contribution < 1.29 is 4.79 Å². The van der Waals surface area contributed by atoms with Crippen LogP contribution in [0.2, 0.25) is 0 Å². The first-order chi connectivity index (χ1) is 12.0. The van der Waals surface area contributed by atoms with Crippen molar-refractivity contribution in [1.82, 2.24) is 10.6 Å². The van der Waals surface area contributed by atoms with E-state index in [1.165, 1.54) is 16.7 Å². The Labute approximate surface area is 149 Å². The van der Waals surface area contributed by atoms with Crippen LogP contribution >= 0.6 is 0 Å². The fourth-order valence-corrected chi connectivity index (χ4v) is 2.78. The van der Waals surface area contributed by atoms with Gasteiger partial charge in [-0.2, -0.15) is 0 Å². The summed E-state index contributed by atoms with van der Waals surface area (Å²) in [5, 5.41) is 6.56. The molecule has 2 aromatic rings. The van der Waals surface area contributed by atoms with Crippen LogP contribution < -0.4 is 16.4 Å². The number of hydrogen-bond donors (Lipinski definition) is 3. The number of aryl methyl sites for hydroxylation is 2. The second kappa shape index (κ2) is 8.87. The Morgan fingerprint density at radius 3 is 2.40 bits per heavy atom. The highest BCUT2D eigenvalue weighted by molar-refractivity contribution is 5.92. The van der Waals surface area contributed by atoms with Gasteiger partial charge in [0.05, 0.1) is 0 Å². The van der Waals surface area contributed by atoms with Crippen LogP contribution in [0.25, 0.3) is 0 Å². The zero-order valence-electron chi connectivity index (χ0n) is 15.1. The SMILES string of the molecule is CN=C(NCCc1cc(C)cc(C)c1)NCc1cccc(C(N)=O)c1. The molecule has 2 aromatic carbocycles. The van der Waals surface area contributed by atoms with Gasteiger partial charge < -0.3 is 16.4 Å². The molecule has 0 atom stereocenters. The molecule has 0 aliphatic rings. The molecule has 5 nitrogen and oxygen atoms in total. The predicted molar refractivity (Wildman–Crippen MR) is 103 cm³/mol. The van der Waals surface area contributed by atoms with Gasteiger partial charge in [0.2, 0.25) is 5.91 Å². The molecule has 0 bridgehead atoms. The number of benzene rings is 2. The van der Waals surface area contributed by atoms with E-state index in [1.807, 2.05) is 12.1 Å². The molecule has 0 spiro atoms. The fraction of sp³-hybridized carbons (Fsp3) is 0.300. The molecular formula is C20H26N4O. The van der Waals surface area contributed by atoms with Crippen molar-refractivity contribution in [1.29, 1.82) is 0 Å². The van der Waals surface area contributed by atoms with Gasteiger partial charge in [-0.1, -0.05) is 41.5 Å². The summed E-state index contributed by atoms with van der Waals surface area (Å²) in [7, 11) is 1.74. The Kier molecular flexibility index (Phi) is 6.57. The Morgan fingerprint density at radius 2 is 1.76 bits per heavy atom. The lowest BCUT2D eigenvalue weighted by molar-refractivity contribution is 0.1000. The molecule has 0 radical (unpaired) electrons. The topological polar surface area (TPSA) is 79.5 Å². The molecule has 2 rings (SSSR count). The van der Waals surface area contributed by atoms with Gasteiger partial charge in [-0.25, -0.2) is 0 Å². The second-order valence-corrected chi connectivity index (χ2v) is 6.16. The third kappa shape index (κ3) is 5.95. The molecule has 0 unspecified atom stereocenters. The van der Waals surface area contributed by atoms with Crippen LogP contribution in [-0.4, -0.2) is 25.5 Å². The number of aliphatic imine (C=N–C) groups is 1. The van der Waals surface area contributed by atoms with E-state index in [2.05, 4.69) is 47.7 Å². The van der Waals surface area contributed by atoms with E-state index in [4.69, 9.17) is 5.73 Å². The Morgan fingerprint density at radius 1 is 1.04 bits per heavy atom. The average molecular weight is 338 g/mol. The minimum atomic E-state index is -0.419. The van der Waals surface area contributed by atoms with E-state index >= 15 is 0 Å². The summed E-state index contributed by atoms with van der Waals surface area (Å²) >= 11 is 0.